The summed E-state index contributed by atoms with van der Waals surface area (Å²) in [6.07, 6.45) is 1.54. The molecule has 0 saturated carbocycles. The first kappa shape index (κ1) is 11.5. The number of hydrogen-bond donors (Lipinski definition) is 1. The molecule has 1 fully saturated rings. The summed E-state index contributed by atoms with van der Waals surface area (Å²) in [6.45, 7) is 4.26. The average Bonchev–Trinajstić information content (AvgIpc) is 2.82. The van der Waals surface area contributed by atoms with E-state index in [0.717, 1.165) is 25.2 Å². The van der Waals surface area contributed by atoms with Crippen molar-refractivity contribution in [3.8, 4) is 0 Å². The lowest BCUT2D eigenvalue weighted by atomic mass is 10.1. The number of carbonyl (C=O) groups is 1. The van der Waals surface area contributed by atoms with E-state index >= 15 is 0 Å². The summed E-state index contributed by atoms with van der Waals surface area (Å²) >= 11 is 1.67. The minimum atomic E-state index is 0.248. The Kier molecular flexibility index (Phi) is 3.56. The summed E-state index contributed by atoms with van der Waals surface area (Å²) < 4.78 is 0. The fourth-order valence-corrected chi connectivity index (χ4v) is 2.80. The van der Waals surface area contributed by atoms with Crippen LogP contribution in [0.1, 0.15) is 17.0 Å². The summed E-state index contributed by atoms with van der Waals surface area (Å²) in [5.41, 5.74) is 8.54. The fourth-order valence-electron chi connectivity index (χ4n) is 2.03. The summed E-state index contributed by atoms with van der Waals surface area (Å²) in [5, 5.41) is 0. The average molecular weight is 239 g/mol. The van der Waals surface area contributed by atoms with Crippen LogP contribution < -0.4 is 5.73 Å². The Morgan fingerprint density at radius 1 is 1.69 bits per heavy atom. The van der Waals surface area contributed by atoms with Crippen LogP contribution in [0.3, 0.4) is 0 Å². The van der Waals surface area contributed by atoms with Crippen LogP contribution >= 0.6 is 11.3 Å². The lowest BCUT2D eigenvalue weighted by Crippen LogP contribution is -2.28. The molecule has 2 rings (SSSR count). The minimum absolute atomic E-state index is 0.248. The maximum absolute atomic E-state index is 11.6. The third-order valence-electron chi connectivity index (χ3n) is 3.08. The Morgan fingerprint density at radius 2 is 2.50 bits per heavy atom. The standard InChI is InChI=1S/C11H17N3OS/c1-8-10(16-7-13-8)2-3-14-6-9(5-12)4-11(14)15/h7,9H,2-6,12H2,1H3. The minimum Gasteiger partial charge on any atom is -0.342 e. The number of likely N-dealkylation sites (tertiary alicyclic amines) is 1. The van der Waals surface area contributed by atoms with E-state index in [4.69, 9.17) is 5.73 Å². The maximum Gasteiger partial charge on any atom is 0.222 e. The molecule has 1 aliphatic rings. The Labute approximate surface area is 99.5 Å². The van der Waals surface area contributed by atoms with Crippen LogP contribution in [-0.4, -0.2) is 35.4 Å². The van der Waals surface area contributed by atoms with E-state index in [2.05, 4.69) is 4.98 Å². The second-order valence-corrected chi connectivity index (χ2v) is 5.20. The molecule has 0 aromatic carbocycles. The number of nitrogens with two attached hydrogens (primary N) is 1. The van der Waals surface area contributed by atoms with Gasteiger partial charge >= 0.3 is 0 Å². The molecule has 1 unspecified atom stereocenters. The number of nitrogens with zero attached hydrogens (tertiary/aromatic N) is 2. The predicted octanol–water partition coefficient (Wildman–Crippen LogP) is 0.801. The van der Waals surface area contributed by atoms with Crippen molar-refractivity contribution in [1.82, 2.24) is 9.88 Å². The number of carbonyl (C=O) groups excluding carboxylic acids is 1. The van der Waals surface area contributed by atoms with Crippen LogP contribution in [-0.2, 0) is 11.2 Å². The van der Waals surface area contributed by atoms with Gasteiger partial charge in [-0.2, -0.15) is 0 Å². The molecule has 0 bridgehead atoms. The van der Waals surface area contributed by atoms with Crippen molar-refractivity contribution in [3.63, 3.8) is 0 Å². The maximum atomic E-state index is 11.6. The Hall–Kier alpha value is -0.940. The molecular formula is C11H17N3OS. The van der Waals surface area contributed by atoms with Gasteiger partial charge in [-0.05, 0) is 19.4 Å². The van der Waals surface area contributed by atoms with E-state index in [-0.39, 0.29) is 5.91 Å². The van der Waals surface area contributed by atoms with Crippen LogP contribution in [0.25, 0.3) is 0 Å². The molecule has 4 nitrogen and oxygen atoms in total. The van der Waals surface area contributed by atoms with E-state index in [0.29, 0.717) is 18.9 Å². The topological polar surface area (TPSA) is 59.2 Å². The van der Waals surface area contributed by atoms with E-state index in [1.807, 2.05) is 17.3 Å². The van der Waals surface area contributed by atoms with Crippen molar-refractivity contribution in [2.75, 3.05) is 19.6 Å². The monoisotopic (exact) mass is 239 g/mol. The number of rotatable bonds is 4. The summed E-state index contributed by atoms with van der Waals surface area (Å²) in [7, 11) is 0. The highest BCUT2D eigenvalue weighted by Gasteiger charge is 2.28. The Balaban J connectivity index is 1.87. The lowest BCUT2D eigenvalue weighted by molar-refractivity contribution is -0.127. The van der Waals surface area contributed by atoms with Gasteiger partial charge < -0.3 is 10.6 Å². The van der Waals surface area contributed by atoms with E-state index in [1.165, 1.54) is 4.88 Å². The number of aromatic nitrogens is 1. The van der Waals surface area contributed by atoms with Gasteiger partial charge in [-0.1, -0.05) is 0 Å². The summed E-state index contributed by atoms with van der Waals surface area (Å²) in [5.74, 6) is 0.604. The fraction of sp³-hybridized carbons (Fsp3) is 0.636. The number of hydrogen-bond acceptors (Lipinski definition) is 4. The van der Waals surface area contributed by atoms with Crippen LogP contribution in [0.15, 0.2) is 5.51 Å². The molecule has 88 valence electrons. The normalized spacial score (nSPS) is 20.8. The third kappa shape index (κ3) is 2.41. The molecule has 16 heavy (non-hydrogen) atoms. The molecule has 1 atom stereocenters. The van der Waals surface area contributed by atoms with Gasteiger partial charge in [0.2, 0.25) is 5.91 Å². The zero-order chi connectivity index (χ0) is 11.5. The van der Waals surface area contributed by atoms with E-state index in [9.17, 15) is 4.79 Å². The summed E-state index contributed by atoms with van der Waals surface area (Å²) in [4.78, 5) is 19.1. The SMILES string of the molecule is Cc1ncsc1CCN1CC(CN)CC1=O. The van der Waals surface area contributed by atoms with Crippen LogP contribution in [0.5, 0.6) is 0 Å². The molecular weight excluding hydrogens is 222 g/mol. The molecule has 1 aromatic heterocycles. The van der Waals surface area contributed by atoms with Crippen molar-refractivity contribution in [1.29, 1.82) is 0 Å². The molecule has 5 heteroatoms. The highest BCUT2D eigenvalue weighted by molar-refractivity contribution is 7.09. The Bertz CT molecular complexity index is 377. The molecule has 2 N–H and O–H groups in total. The molecule has 1 aliphatic heterocycles. The first-order valence-electron chi connectivity index (χ1n) is 5.57. The van der Waals surface area contributed by atoms with Crippen molar-refractivity contribution >= 4 is 17.2 Å². The number of aryl methyl sites for hydroxylation is 1. The lowest BCUT2D eigenvalue weighted by Gasteiger charge is -2.15. The molecule has 1 amide bonds. The smallest absolute Gasteiger partial charge is 0.222 e. The number of amides is 1. The molecule has 0 spiro atoms. The summed E-state index contributed by atoms with van der Waals surface area (Å²) in [6, 6.07) is 0. The van der Waals surface area contributed by atoms with E-state index < -0.39 is 0 Å². The zero-order valence-corrected chi connectivity index (χ0v) is 10.3. The zero-order valence-electron chi connectivity index (χ0n) is 9.48. The van der Waals surface area contributed by atoms with Gasteiger partial charge in [0.1, 0.15) is 0 Å². The second-order valence-electron chi connectivity index (χ2n) is 4.26. The second kappa shape index (κ2) is 4.93. The molecule has 0 aliphatic carbocycles. The molecule has 2 heterocycles. The van der Waals surface area contributed by atoms with Crippen molar-refractivity contribution in [2.45, 2.75) is 19.8 Å². The molecule has 1 aromatic rings. The molecule has 0 radical (unpaired) electrons. The van der Waals surface area contributed by atoms with Gasteiger partial charge in [0, 0.05) is 30.8 Å². The van der Waals surface area contributed by atoms with Gasteiger partial charge in [-0.25, -0.2) is 4.98 Å². The highest BCUT2D eigenvalue weighted by Crippen LogP contribution is 2.19. The highest BCUT2D eigenvalue weighted by atomic mass is 32.1. The quantitative estimate of drug-likeness (QED) is 0.845. The van der Waals surface area contributed by atoms with Gasteiger partial charge in [0.05, 0.1) is 11.2 Å². The predicted molar refractivity (Wildman–Crippen MR) is 64.3 cm³/mol. The van der Waals surface area contributed by atoms with Gasteiger partial charge in [-0.3, -0.25) is 4.79 Å². The first-order chi connectivity index (χ1) is 7.70. The van der Waals surface area contributed by atoms with Crippen molar-refractivity contribution < 1.29 is 4.79 Å². The van der Waals surface area contributed by atoms with Crippen LogP contribution in [0, 0.1) is 12.8 Å². The van der Waals surface area contributed by atoms with Crippen LogP contribution in [0.2, 0.25) is 0 Å². The first-order valence-corrected chi connectivity index (χ1v) is 6.45. The van der Waals surface area contributed by atoms with Crippen molar-refractivity contribution in [3.05, 3.63) is 16.1 Å². The number of thiazole rings is 1. The van der Waals surface area contributed by atoms with Crippen molar-refractivity contribution in [2.24, 2.45) is 11.7 Å². The molecule has 1 saturated heterocycles. The Morgan fingerprint density at radius 3 is 3.06 bits per heavy atom. The van der Waals surface area contributed by atoms with Gasteiger partial charge in [0.25, 0.3) is 0 Å². The van der Waals surface area contributed by atoms with E-state index in [1.54, 1.807) is 11.3 Å². The largest absolute Gasteiger partial charge is 0.342 e. The van der Waals surface area contributed by atoms with Gasteiger partial charge in [-0.15, -0.1) is 11.3 Å². The van der Waals surface area contributed by atoms with Crippen LogP contribution in [0.4, 0.5) is 0 Å². The third-order valence-corrected chi connectivity index (χ3v) is 4.08. The van der Waals surface area contributed by atoms with Gasteiger partial charge in [0.15, 0.2) is 0 Å².